The van der Waals surface area contributed by atoms with Crippen LogP contribution in [-0.4, -0.2) is 9.85 Å². The van der Waals surface area contributed by atoms with Crippen LogP contribution < -0.4 is 0 Å². The molecule has 2 aromatic rings. The lowest BCUT2D eigenvalue weighted by Gasteiger charge is -2.14. The zero-order valence-electron chi connectivity index (χ0n) is 13.5. The number of rotatable bonds is 8. The van der Waals surface area contributed by atoms with Crippen molar-refractivity contribution in [2.24, 2.45) is 0 Å². The molecule has 0 saturated carbocycles. The second-order valence-corrected chi connectivity index (χ2v) is 7.52. The molecule has 9 heteroatoms. The van der Waals surface area contributed by atoms with Crippen LogP contribution in [0.3, 0.4) is 0 Å². The molecule has 0 fully saturated rings. The SMILES string of the molecule is CC(SOSC(C)c1ccccc1[N+](=O)[O-])c1ccccc1[N+](=O)[O-]. The lowest BCUT2D eigenvalue weighted by molar-refractivity contribution is -0.385. The van der Waals surface area contributed by atoms with Crippen LogP contribution >= 0.6 is 24.1 Å². The Morgan fingerprint density at radius 2 is 1.16 bits per heavy atom. The van der Waals surface area contributed by atoms with Crippen LogP contribution in [0.15, 0.2) is 48.5 Å². The maximum absolute atomic E-state index is 11.1. The van der Waals surface area contributed by atoms with E-state index in [-0.39, 0.29) is 21.9 Å². The molecule has 0 radical (unpaired) electrons. The quantitative estimate of drug-likeness (QED) is 0.332. The van der Waals surface area contributed by atoms with Crippen molar-refractivity contribution in [3.8, 4) is 0 Å². The molecule has 2 aromatic carbocycles. The molecule has 0 bridgehead atoms. The highest BCUT2D eigenvalue weighted by Gasteiger charge is 2.22. The Morgan fingerprint density at radius 3 is 1.52 bits per heavy atom. The van der Waals surface area contributed by atoms with E-state index < -0.39 is 9.85 Å². The second-order valence-electron chi connectivity index (χ2n) is 5.18. The highest BCUT2D eigenvalue weighted by Crippen LogP contribution is 2.42. The molecule has 25 heavy (non-hydrogen) atoms. The van der Waals surface area contributed by atoms with Crippen LogP contribution in [0.2, 0.25) is 0 Å². The summed E-state index contributed by atoms with van der Waals surface area (Å²) in [6.07, 6.45) is 0. The van der Waals surface area contributed by atoms with Crippen LogP contribution in [0, 0.1) is 20.2 Å². The fourth-order valence-corrected chi connectivity index (χ4v) is 3.97. The minimum Gasteiger partial charge on any atom is -0.258 e. The normalized spacial score (nSPS) is 13.2. The zero-order valence-corrected chi connectivity index (χ0v) is 15.2. The van der Waals surface area contributed by atoms with Gasteiger partial charge in [-0.2, -0.15) is 0 Å². The van der Waals surface area contributed by atoms with Gasteiger partial charge in [0.25, 0.3) is 11.4 Å². The first-order valence-electron chi connectivity index (χ1n) is 7.37. The van der Waals surface area contributed by atoms with Gasteiger partial charge < -0.3 is 0 Å². The van der Waals surface area contributed by atoms with Gasteiger partial charge in [0.15, 0.2) is 0 Å². The molecule has 7 nitrogen and oxygen atoms in total. The number of nitro groups is 2. The van der Waals surface area contributed by atoms with Gasteiger partial charge in [-0.3, -0.25) is 20.2 Å². The highest BCUT2D eigenvalue weighted by molar-refractivity contribution is 8.08. The molecule has 0 aromatic heterocycles. The topological polar surface area (TPSA) is 95.5 Å². The summed E-state index contributed by atoms with van der Waals surface area (Å²) in [4.78, 5) is 21.3. The number of hydrogen-bond acceptors (Lipinski definition) is 7. The number of para-hydroxylation sites is 2. The Labute approximate surface area is 153 Å². The van der Waals surface area contributed by atoms with Crippen LogP contribution in [-0.2, 0) is 3.63 Å². The molecule has 0 aliphatic carbocycles. The third kappa shape index (κ3) is 4.94. The molecule has 2 unspecified atom stereocenters. The van der Waals surface area contributed by atoms with Crippen LogP contribution in [0.4, 0.5) is 11.4 Å². The van der Waals surface area contributed by atoms with E-state index in [4.69, 9.17) is 3.63 Å². The average molecular weight is 380 g/mol. The van der Waals surface area contributed by atoms with Gasteiger partial charge in [-0.05, 0) is 13.8 Å². The third-order valence-corrected chi connectivity index (χ3v) is 5.22. The van der Waals surface area contributed by atoms with Gasteiger partial charge in [0.1, 0.15) is 0 Å². The second kappa shape index (κ2) is 8.84. The molecule has 2 atom stereocenters. The summed E-state index contributed by atoms with van der Waals surface area (Å²) in [7, 11) is 0. The molecule has 0 saturated heterocycles. The highest BCUT2D eigenvalue weighted by atomic mass is 32.2. The van der Waals surface area contributed by atoms with Gasteiger partial charge in [0.2, 0.25) is 0 Å². The van der Waals surface area contributed by atoms with Crippen molar-refractivity contribution < 1.29 is 13.5 Å². The molecule has 2 rings (SSSR count). The van der Waals surface area contributed by atoms with Gasteiger partial charge in [0, 0.05) is 47.3 Å². The van der Waals surface area contributed by atoms with E-state index in [2.05, 4.69) is 0 Å². The number of benzene rings is 2. The van der Waals surface area contributed by atoms with Crippen molar-refractivity contribution in [2.75, 3.05) is 0 Å². The molecule has 0 aliphatic rings. The molecular weight excluding hydrogens is 364 g/mol. The largest absolute Gasteiger partial charge is 0.273 e. The number of hydrogen-bond donors (Lipinski definition) is 0. The zero-order chi connectivity index (χ0) is 18.4. The van der Waals surface area contributed by atoms with Crippen LogP contribution in [0.1, 0.15) is 35.5 Å². The first kappa shape index (κ1) is 19.2. The molecule has 0 heterocycles. The Kier molecular flexibility index (Phi) is 6.80. The lowest BCUT2D eigenvalue weighted by atomic mass is 10.1. The maximum Gasteiger partial charge on any atom is 0.273 e. The van der Waals surface area contributed by atoms with Crippen molar-refractivity contribution in [3.05, 3.63) is 79.9 Å². The number of nitro benzene ring substituents is 2. The summed E-state index contributed by atoms with van der Waals surface area (Å²) in [6.45, 7) is 3.62. The fraction of sp³-hybridized carbons (Fsp3) is 0.250. The summed E-state index contributed by atoms with van der Waals surface area (Å²) < 4.78 is 5.52. The van der Waals surface area contributed by atoms with Crippen molar-refractivity contribution in [1.29, 1.82) is 0 Å². The van der Waals surface area contributed by atoms with E-state index in [9.17, 15) is 20.2 Å². The van der Waals surface area contributed by atoms with Crippen molar-refractivity contribution in [2.45, 2.75) is 24.3 Å². The van der Waals surface area contributed by atoms with Gasteiger partial charge in [0.05, 0.1) is 20.3 Å². The Balaban J connectivity index is 1.99. The summed E-state index contributed by atoms with van der Waals surface area (Å²) in [5, 5.41) is 21.6. The Bertz CT molecular complexity index is 708. The Morgan fingerprint density at radius 1 is 0.800 bits per heavy atom. The minimum absolute atomic E-state index is 0.0443. The van der Waals surface area contributed by atoms with E-state index >= 15 is 0 Å². The van der Waals surface area contributed by atoms with Crippen LogP contribution in [0.5, 0.6) is 0 Å². The minimum atomic E-state index is -0.421. The molecule has 0 amide bonds. The van der Waals surface area contributed by atoms with Gasteiger partial charge in [-0.25, -0.2) is 3.63 Å². The average Bonchev–Trinajstić information content (AvgIpc) is 2.61. The van der Waals surface area contributed by atoms with Crippen molar-refractivity contribution in [3.63, 3.8) is 0 Å². The third-order valence-electron chi connectivity index (χ3n) is 3.51. The summed E-state index contributed by atoms with van der Waals surface area (Å²) in [5.74, 6) is 0. The Hall–Kier alpha value is -2.10. The molecule has 132 valence electrons. The summed E-state index contributed by atoms with van der Waals surface area (Å²) in [6, 6.07) is 13.0. The standard InChI is InChI=1S/C16H16N2O5S2/c1-11(13-7-3-5-9-15(13)17(19)20)24-23-25-12(2)14-8-4-6-10-16(14)18(21)22/h3-12H,1-2H3. The van der Waals surface area contributed by atoms with Gasteiger partial charge in [-0.1, -0.05) is 36.4 Å². The molecule has 0 aliphatic heterocycles. The van der Waals surface area contributed by atoms with Gasteiger partial charge >= 0.3 is 0 Å². The van der Waals surface area contributed by atoms with E-state index in [1.165, 1.54) is 12.1 Å². The first-order chi connectivity index (χ1) is 11.9. The monoisotopic (exact) mass is 380 g/mol. The molecule has 0 spiro atoms. The van der Waals surface area contributed by atoms with Crippen molar-refractivity contribution in [1.82, 2.24) is 0 Å². The first-order valence-corrected chi connectivity index (χ1v) is 8.98. The summed E-state index contributed by atoms with van der Waals surface area (Å²) >= 11 is 2.17. The molecular formula is C16H16N2O5S2. The van der Waals surface area contributed by atoms with Gasteiger partial charge in [-0.15, -0.1) is 0 Å². The lowest BCUT2D eigenvalue weighted by Crippen LogP contribution is -1.98. The van der Waals surface area contributed by atoms with E-state index in [0.717, 1.165) is 24.1 Å². The van der Waals surface area contributed by atoms with Crippen molar-refractivity contribution >= 4 is 35.5 Å². The smallest absolute Gasteiger partial charge is 0.258 e. The predicted molar refractivity (Wildman–Crippen MR) is 99.3 cm³/mol. The van der Waals surface area contributed by atoms with E-state index in [1.54, 1.807) is 36.4 Å². The van der Waals surface area contributed by atoms with E-state index in [1.807, 2.05) is 13.8 Å². The van der Waals surface area contributed by atoms with E-state index in [0.29, 0.717) is 11.1 Å². The molecule has 0 N–H and O–H groups in total. The number of nitrogens with zero attached hydrogens (tertiary/aromatic N) is 2. The fourth-order valence-electron chi connectivity index (χ4n) is 2.24. The van der Waals surface area contributed by atoms with Crippen LogP contribution in [0.25, 0.3) is 0 Å². The maximum atomic E-state index is 11.1. The summed E-state index contributed by atoms with van der Waals surface area (Å²) in [5.41, 5.74) is 1.22. The predicted octanol–water partition coefficient (Wildman–Crippen LogP) is 5.64.